The van der Waals surface area contributed by atoms with E-state index in [1.54, 1.807) is 0 Å². The number of hydrogen-bond donors (Lipinski definition) is 0. The van der Waals surface area contributed by atoms with Gasteiger partial charge in [-0.15, -0.1) is 13.2 Å². The first-order chi connectivity index (χ1) is 8.28. The third kappa shape index (κ3) is 3.18. The van der Waals surface area contributed by atoms with Crippen molar-refractivity contribution in [2.45, 2.75) is 13.0 Å². The van der Waals surface area contributed by atoms with E-state index in [1.165, 1.54) is 0 Å². The van der Waals surface area contributed by atoms with Gasteiger partial charge in [-0.3, -0.25) is 10.1 Å². The number of nitrogens with zero attached hydrogens (tertiary/aromatic N) is 2. The second-order valence-electron chi connectivity index (χ2n) is 2.91. The fourth-order valence-electron chi connectivity index (χ4n) is 1.10. The van der Waals surface area contributed by atoms with Crippen molar-refractivity contribution in [3.8, 4) is 11.8 Å². The van der Waals surface area contributed by atoms with Crippen molar-refractivity contribution in [3.63, 3.8) is 0 Å². The first kappa shape index (κ1) is 13.9. The first-order valence-electron chi connectivity index (χ1n) is 4.32. The van der Waals surface area contributed by atoms with Crippen molar-refractivity contribution < 1.29 is 32.0 Å². The minimum atomic E-state index is -5.14. The predicted molar refractivity (Wildman–Crippen MR) is 48.9 cm³/mol. The van der Waals surface area contributed by atoms with Crippen molar-refractivity contribution in [3.05, 3.63) is 21.7 Å². The smallest absolute Gasteiger partial charge is 0.481 e. The molecule has 1 aromatic rings. The van der Waals surface area contributed by atoms with Gasteiger partial charge >= 0.3 is 6.36 Å². The maximum Gasteiger partial charge on any atom is 0.574 e. The Labute approximate surface area is 97.3 Å². The second kappa shape index (κ2) is 5.02. The largest absolute Gasteiger partial charge is 0.574 e. The van der Waals surface area contributed by atoms with E-state index in [0.29, 0.717) is 6.07 Å². The SMILES string of the molecule is COc1cc([N+](=O)[O-])c(CF)c(OC(F)(F)F)n1. The molecule has 1 rings (SSSR count). The summed E-state index contributed by atoms with van der Waals surface area (Å²) in [6.45, 7) is -1.53. The summed E-state index contributed by atoms with van der Waals surface area (Å²) < 4.78 is 56.6. The molecule has 0 saturated heterocycles. The number of halogens is 4. The van der Waals surface area contributed by atoms with Crippen LogP contribution in [-0.4, -0.2) is 23.4 Å². The van der Waals surface area contributed by atoms with Crippen LogP contribution < -0.4 is 9.47 Å². The van der Waals surface area contributed by atoms with Crippen LogP contribution in [0.1, 0.15) is 5.56 Å². The van der Waals surface area contributed by atoms with E-state index in [1.807, 2.05) is 0 Å². The van der Waals surface area contributed by atoms with E-state index in [-0.39, 0.29) is 0 Å². The van der Waals surface area contributed by atoms with Crippen molar-refractivity contribution in [1.82, 2.24) is 4.98 Å². The first-order valence-corrected chi connectivity index (χ1v) is 4.32. The lowest BCUT2D eigenvalue weighted by Crippen LogP contribution is -2.19. The minimum Gasteiger partial charge on any atom is -0.481 e. The molecule has 0 unspecified atom stereocenters. The lowest BCUT2D eigenvalue weighted by Gasteiger charge is -2.11. The van der Waals surface area contributed by atoms with Gasteiger partial charge in [-0.05, 0) is 0 Å². The average molecular weight is 270 g/mol. The third-order valence-corrected chi connectivity index (χ3v) is 1.79. The lowest BCUT2D eigenvalue weighted by atomic mass is 10.2. The Hall–Kier alpha value is -2.13. The van der Waals surface area contributed by atoms with E-state index in [0.717, 1.165) is 7.11 Å². The predicted octanol–water partition coefficient (Wildman–Crippen LogP) is 2.37. The minimum absolute atomic E-state index is 0.488. The highest BCUT2D eigenvalue weighted by molar-refractivity contribution is 5.48. The van der Waals surface area contributed by atoms with Crippen LogP contribution in [0.4, 0.5) is 23.2 Å². The zero-order chi connectivity index (χ0) is 13.9. The van der Waals surface area contributed by atoms with Gasteiger partial charge in [0, 0.05) is 0 Å². The van der Waals surface area contributed by atoms with Crippen molar-refractivity contribution >= 4 is 5.69 Å². The fourth-order valence-corrected chi connectivity index (χ4v) is 1.10. The average Bonchev–Trinajstić information content (AvgIpc) is 2.25. The molecule has 1 aromatic heterocycles. The fraction of sp³-hybridized carbons (Fsp3) is 0.375. The Kier molecular flexibility index (Phi) is 3.89. The molecule has 0 N–H and O–H groups in total. The molecule has 0 atom stereocenters. The Morgan fingerprint density at radius 2 is 2.11 bits per heavy atom. The Balaban J connectivity index is 3.37. The molecular weight excluding hydrogens is 264 g/mol. The summed E-state index contributed by atoms with van der Waals surface area (Å²) in [6.07, 6.45) is -5.14. The summed E-state index contributed by atoms with van der Waals surface area (Å²) in [4.78, 5) is 12.7. The summed E-state index contributed by atoms with van der Waals surface area (Å²) in [5, 5.41) is 10.6. The van der Waals surface area contributed by atoms with Crippen LogP contribution in [-0.2, 0) is 6.67 Å². The molecule has 18 heavy (non-hydrogen) atoms. The highest BCUT2D eigenvalue weighted by Crippen LogP contribution is 2.34. The Bertz CT molecular complexity index is 463. The molecule has 0 saturated carbocycles. The van der Waals surface area contributed by atoms with E-state index in [9.17, 15) is 27.7 Å². The maximum atomic E-state index is 12.6. The normalized spacial score (nSPS) is 11.2. The summed E-state index contributed by atoms with van der Waals surface area (Å²) in [6, 6.07) is 0.706. The molecule has 0 aliphatic heterocycles. The van der Waals surface area contributed by atoms with Crippen LogP contribution in [0.2, 0.25) is 0 Å². The molecule has 0 radical (unpaired) electrons. The summed E-state index contributed by atoms with van der Waals surface area (Å²) >= 11 is 0. The molecule has 0 aromatic carbocycles. The molecule has 0 amide bonds. The molecule has 0 bridgehead atoms. The second-order valence-corrected chi connectivity index (χ2v) is 2.91. The summed E-state index contributed by atoms with van der Waals surface area (Å²) in [5.74, 6) is -1.73. The molecule has 6 nitrogen and oxygen atoms in total. The number of hydrogen-bond acceptors (Lipinski definition) is 5. The summed E-state index contributed by atoms with van der Waals surface area (Å²) in [5.41, 5.74) is -1.80. The highest BCUT2D eigenvalue weighted by atomic mass is 19.4. The Morgan fingerprint density at radius 3 is 2.50 bits per heavy atom. The summed E-state index contributed by atoms with van der Waals surface area (Å²) in [7, 11) is 1.04. The molecular formula is C8H6F4N2O4. The van der Waals surface area contributed by atoms with Gasteiger partial charge in [0.05, 0.1) is 18.1 Å². The van der Waals surface area contributed by atoms with Crippen LogP contribution in [0.3, 0.4) is 0 Å². The van der Waals surface area contributed by atoms with Crippen LogP contribution in [0.25, 0.3) is 0 Å². The van der Waals surface area contributed by atoms with E-state index in [2.05, 4.69) is 14.5 Å². The van der Waals surface area contributed by atoms with E-state index >= 15 is 0 Å². The van der Waals surface area contributed by atoms with Gasteiger partial charge in [-0.1, -0.05) is 0 Å². The van der Waals surface area contributed by atoms with Gasteiger partial charge < -0.3 is 9.47 Å². The zero-order valence-corrected chi connectivity index (χ0v) is 8.82. The third-order valence-electron chi connectivity index (χ3n) is 1.79. The molecule has 100 valence electrons. The van der Waals surface area contributed by atoms with Gasteiger partial charge in [0.15, 0.2) is 0 Å². The zero-order valence-electron chi connectivity index (χ0n) is 8.82. The lowest BCUT2D eigenvalue weighted by molar-refractivity contribution is -0.386. The Morgan fingerprint density at radius 1 is 1.50 bits per heavy atom. The van der Waals surface area contributed by atoms with Crippen LogP contribution in [0.5, 0.6) is 11.8 Å². The monoisotopic (exact) mass is 270 g/mol. The van der Waals surface area contributed by atoms with Gasteiger partial charge in [0.25, 0.3) is 5.69 Å². The van der Waals surface area contributed by atoms with Crippen molar-refractivity contribution in [1.29, 1.82) is 0 Å². The standard InChI is InChI=1S/C8H6F4N2O4/c1-17-6-2-5(14(15)16)4(3-9)7(13-6)18-8(10,11)12/h2H,3H2,1H3. The number of rotatable bonds is 4. The number of alkyl halides is 4. The van der Waals surface area contributed by atoms with Gasteiger partial charge in [-0.2, -0.15) is 4.98 Å². The maximum absolute atomic E-state index is 12.6. The van der Waals surface area contributed by atoms with Gasteiger partial charge in [0.2, 0.25) is 11.8 Å². The highest BCUT2D eigenvalue weighted by Gasteiger charge is 2.35. The molecule has 0 aliphatic carbocycles. The molecule has 10 heteroatoms. The number of nitro groups is 1. The quantitative estimate of drug-likeness (QED) is 0.477. The number of aromatic nitrogens is 1. The van der Waals surface area contributed by atoms with Crippen LogP contribution in [0, 0.1) is 10.1 Å². The van der Waals surface area contributed by atoms with Crippen molar-refractivity contribution in [2.75, 3.05) is 7.11 Å². The number of methoxy groups -OCH3 is 1. The van der Waals surface area contributed by atoms with Crippen LogP contribution >= 0.6 is 0 Å². The number of pyridine rings is 1. The van der Waals surface area contributed by atoms with Gasteiger partial charge in [-0.25, -0.2) is 4.39 Å². The van der Waals surface area contributed by atoms with Crippen molar-refractivity contribution in [2.24, 2.45) is 0 Å². The topological polar surface area (TPSA) is 74.5 Å². The number of ether oxygens (including phenoxy) is 2. The van der Waals surface area contributed by atoms with E-state index < -0.39 is 41.0 Å². The molecule has 0 fully saturated rings. The van der Waals surface area contributed by atoms with Gasteiger partial charge in [0.1, 0.15) is 12.2 Å². The van der Waals surface area contributed by atoms with Crippen LogP contribution in [0.15, 0.2) is 6.07 Å². The molecule has 0 spiro atoms. The molecule has 0 aliphatic rings. The van der Waals surface area contributed by atoms with E-state index in [4.69, 9.17) is 0 Å². The molecule has 1 heterocycles.